The molecule has 0 heterocycles. The van der Waals surface area contributed by atoms with E-state index in [4.69, 9.17) is 0 Å². The highest BCUT2D eigenvalue weighted by atomic mass is 79.9. The minimum Gasteiger partial charge on any atom is -0.317 e. The lowest BCUT2D eigenvalue weighted by Crippen LogP contribution is -2.30. The van der Waals surface area contributed by atoms with E-state index in [1.165, 1.54) is 24.8 Å². The van der Waals surface area contributed by atoms with Crippen LogP contribution in [0.5, 0.6) is 0 Å². The summed E-state index contributed by atoms with van der Waals surface area (Å²) >= 11 is 3.24. The smallest absolute Gasteiger partial charge is 0.137 e. The third-order valence-electron chi connectivity index (χ3n) is 3.51. The summed E-state index contributed by atoms with van der Waals surface area (Å²) in [5, 5.41) is 3.37. The molecule has 0 radical (unpaired) electrons. The van der Waals surface area contributed by atoms with E-state index in [1.807, 2.05) is 19.2 Å². The Labute approximate surface area is 105 Å². The van der Waals surface area contributed by atoms with Gasteiger partial charge in [-0.15, -0.1) is 0 Å². The fourth-order valence-corrected chi connectivity index (χ4v) is 3.06. The maximum Gasteiger partial charge on any atom is 0.137 e. The average Bonchev–Trinajstić information content (AvgIpc) is 2.71. The summed E-state index contributed by atoms with van der Waals surface area (Å²) in [7, 11) is 2.03. The van der Waals surface area contributed by atoms with Crippen molar-refractivity contribution >= 4 is 15.9 Å². The lowest BCUT2D eigenvalue weighted by atomic mass is 9.95. The molecule has 1 fully saturated rings. The molecule has 88 valence electrons. The van der Waals surface area contributed by atoms with Crippen molar-refractivity contribution in [3.8, 4) is 0 Å². The van der Waals surface area contributed by atoms with Gasteiger partial charge in [0.2, 0.25) is 0 Å². The predicted molar refractivity (Wildman–Crippen MR) is 68.0 cm³/mol. The van der Waals surface area contributed by atoms with Crippen LogP contribution in [0.15, 0.2) is 22.7 Å². The first-order chi connectivity index (χ1) is 7.70. The Hall–Kier alpha value is -0.410. The zero-order valence-electron chi connectivity index (χ0n) is 9.47. The van der Waals surface area contributed by atoms with Crippen LogP contribution in [-0.4, -0.2) is 13.1 Å². The Morgan fingerprint density at radius 2 is 2.25 bits per heavy atom. The van der Waals surface area contributed by atoms with Gasteiger partial charge in [-0.3, -0.25) is 0 Å². The molecule has 1 aromatic carbocycles. The Morgan fingerprint density at radius 1 is 1.44 bits per heavy atom. The van der Waals surface area contributed by atoms with Gasteiger partial charge in [0, 0.05) is 6.04 Å². The fraction of sp³-hybridized carbons (Fsp3) is 0.538. The van der Waals surface area contributed by atoms with Gasteiger partial charge in [0.25, 0.3) is 0 Å². The van der Waals surface area contributed by atoms with E-state index in [2.05, 4.69) is 21.2 Å². The maximum absolute atomic E-state index is 13.1. The number of halogens is 2. The molecule has 1 aliphatic rings. The fourth-order valence-electron chi connectivity index (χ4n) is 2.63. The number of hydrogen-bond donors (Lipinski definition) is 1. The quantitative estimate of drug-likeness (QED) is 0.896. The lowest BCUT2D eigenvalue weighted by molar-refractivity contribution is 0.423. The molecule has 1 N–H and O–H groups in total. The highest BCUT2D eigenvalue weighted by molar-refractivity contribution is 9.10. The lowest BCUT2D eigenvalue weighted by Gasteiger charge is -2.19. The number of benzene rings is 1. The van der Waals surface area contributed by atoms with Gasteiger partial charge in [-0.2, -0.15) is 0 Å². The zero-order valence-corrected chi connectivity index (χ0v) is 11.1. The molecule has 0 bridgehead atoms. The molecule has 16 heavy (non-hydrogen) atoms. The first-order valence-corrected chi connectivity index (χ1v) is 6.61. The van der Waals surface area contributed by atoms with Crippen molar-refractivity contribution in [2.24, 2.45) is 5.92 Å². The largest absolute Gasteiger partial charge is 0.317 e. The Balaban J connectivity index is 2.05. The van der Waals surface area contributed by atoms with Crippen molar-refractivity contribution in [1.82, 2.24) is 5.32 Å². The van der Waals surface area contributed by atoms with Gasteiger partial charge < -0.3 is 5.32 Å². The van der Waals surface area contributed by atoms with E-state index in [-0.39, 0.29) is 5.82 Å². The van der Waals surface area contributed by atoms with Gasteiger partial charge in [0.1, 0.15) is 5.82 Å². The monoisotopic (exact) mass is 285 g/mol. The van der Waals surface area contributed by atoms with E-state index in [0.717, 1.165) is 6.42 Å². The Morgan fingerprint density at radius 3 is 2.94 bits per heavy atom. The topological polar surface area (TPSA) is 12.0 Å². The van der Waals surface area contributed by atoms with Gasteiger partial charge in [-0.05, 0) is 65.9 Å². The van der Waals surface area contributed by atoms with E-state index in [0.29, 0.717) is 16.4 Å². The first-order valence-electron chi connectivity index (χ1n) is 5.82. The molecule has 2 rings (SSSR count). The normalized spacial score (nSPS) is 24.9. The second-order valence-electron chi connectivity index (χ2n) is 4.54. The molecule has 0 aliphatic heterocycles. The van der Waals surface area contributed by atoms with Crippen LogP contribution in [0.25, 0.3) is 0 Å². The van der Waals surface area contributed by atoms with Crippen molar-refractivity contribution in [1.29, 1.82) is 0 Å². The van der Waals surface area contributed by atoms with Crippen LogP contribution in [-0.2, 0) is 6.42 Å². The summed E-state index contributed by atoms with van der Waals surface area (Å²) in [5.74, 6) is 0.516. The van der Waals surface area contributed by atoms with Gasteiger partial charge in [-0.25, -0.2) is 4.39 Å². The minimum atomic E-state index is -0.180. The SMILES string of the molecule is CNC1CCCC1Cc1ccc(F)c(Br)c1. The van der Waals surface area contributed by atoms with Crippen LogP contribution in [0.3, 0.4) is 0 Å². The summed E-state index contributed by atoms with van der Waals surface area (Å²) in [6, 6.07) is 5.97. The minimum absolute atomic E-state index is 0.180. The Kier molecular flexibility index (Phi) is 3.98. The van der Waals surface area contributed by atoms with E-state index >= 15 is 0 Å². The average molecular weight is 286 g/mol. The molecule has 0 spiro atoms. The van der Waals surface area contributed by atoms with Crippen LogP contribution >= 0.6 is 15.9 Å². The van der Waals surface area contributed by atoms with Crippen molar-refractivity contribution in [2.75, 3.05) is 7.05 Å². The standard InChI is InChI=1S/C13H17BrFN/c1-16-13-4-2-3-10(13)7-9-5-6-12(15)11(14)8-9/h5-6,8,10,13,16H,2-4,7H2,1H3. The zero-order chi connectivity index (χ0) is 11.5. The highest BCUT2D eigenvalue weighted by Crippen LogP contribution is 2.29. The molecule has 1 aromatic rings. The predicted octanol–water partition coefficient (Wildman–Crippen LogP) is 3.52. The van der Waals surface area contributed by atoms with E-state index in [9.17, 15) is 4.39 Å². The number of nitrogens with one attached hydrogen (secondary N) is 1. The first kappa shape index (κ1) is 12.1. The summed E-state index contributed by atoms with van der Waals surface area (Å²) in [5.41, 5.74) is 1.22. The van der Waals surface area contributed by atoms with Crippen LogP contribution in [0.1, 0.15) is 24.8 Å². The third-order valence-corrected chi connectivity index (χ3v) is 4.12. The van der Waals surface area contributed by atoms with Crippen molar-refractivity contribution < 1.29 is 4.39 Å². The second kappa shape index (κ2) is 5.28. The van der Waals surface area contributed by atoms with Crippen molar-refractivity contribution in [3.63, 3.8) is 0 Å². The molecule has 0 amide bonds. The number of rotatable bonds is 3. The van der Waals surface area contributed by atoms with Gasteiger partial charge in [-0.1, -0.05) is 12.5 Å². The molecule has 3 heteroatoms. The van der Waals surface area contributed by atoms with Gasteiger partial charge in [0.05, 0.1) is 4.47 Å². The van der Waals surface area contributed by atoms with Crippen LogP contribution in [0.4, 0.5) is 4.39 Å². The van der Waals surface area contributed by atoms with Crippen LogP contribution in [0, 0.1) is 11.7 Å². The molecular formula is C13H17BrFN. The van der Waals surface area contributed by atoms with E-state index < -0.39 is 0 Å². The molecular weight excluding hydrogens is 269 g/mol. The van der Waals surface area contributed by atoms with Crippen molar-refractivity contribution in [2.45, 2.75) is 31.7 Å². The Bertz CT molecular complexity index is 367. The van der Waals surface area contributed by atoms with Gasteiger partial charge >= 0.3 is 0 Å². The second-order valence-corrected chi connectivity index (χ2v) is 5.39. The number of hydrogen-bond acceptors (Lipinski definition) is 1. The molecule has 0 aromatic heterocycles. The highest BCUT2D eigenvalue weighted by Gasteiger charge is 2.25. The van der Waals surface area contributed by atoms with Gasteiger partial charge in [0.15, 0.2) is 0 Å². The summed E-state index contributed by atoms with van der Waals surface area (Å²) in [6.45, 7) is 0. The summed E-state index contributed by atoms with van der Waals surface area (Å²) < 4.78 is 13.7. The third kappa shape index (κ3) is 2.64. The molecule has 1 aliphatic carbocycles. The summed E-state index contributed by atoms with van der Waals surface area (Å²) in [4.78, 5) is 0. The molecule has 1 nitrogen and oxygen atoms in total. The molecule has 2 atom stereocenters. The van der Waals surface area contributed by atoms with Crippen LogP contribution in [0.2, 0.25) is 0 Å². The summed E-state index contributed by atoms with van der Waals surface area (Å²) in [6.07, 6.45) is 4.90. The van der Waals surface area contributed by atoms with Crippen molar-refractivity contribution in [3.05, 3.63) is 34.1 Å². The molecule has 2 unspecified atom stereocenters. The molecule has 1 saturated carbocycles. The maximum atomic E-state index is 13.1. The van der Waals surface area contributed by atoms with E-state index in [1.54, 1.807) is 6.07 Å². The molecule has 0 saturated heterocycles. The van der Waals surface area contributed by atoms with Crippen LogP contribution < -0.4 is 5.32 Å².